The fourth-order valence-electron chi connectivity index (χ4n) is 1.48. The predicted octanol–water partition coefficient (Wildman–Crippen LogP) is -0.209. The van der Waals surface area contributed by atoms with Crippen molar-refractivity contribution in [2.45, 2.75) is 5.25 Å². The molecule has 0 aliphatic rings. The van der Waals surface area contributed by atoms with Gasteiger partial charge in [0.05, 0.1) is 0 Å². The molecule has 0 bridgehead atoms. The van der Waals surface area contributed by atoms with Crippen LogP contribution in [0.15, 0.2) is 60.7 Å². The lowest BCUT2D eigenvalue weighted by Gasteiger charge is -2.05. The Morgan fingerprint density at radius 3 is 1.33 bits per heavy atom. The van der Waals surface area contributed by atoms with E-state index in [1.54, 1.807) is 0 Å². The minimum Gasteiger partial charge on any atom is -1.00 e. The van der Waals surface area contributed by atoms with Crippen molar-refractivity contribution in [3.8, 4) is 0 Å². The van der Waals surface area contributed by atoms with Crippen molar-refractivity contribution in [2.75, 3.05) is 0 Å². The Balaban J connectivity index is 0.00000112. The molecular formula is C13H13BrS. The summed E-state index contributed by atoms with van der Waals surface area (Å²) in [4.78, 5) is 0. The van der Waals surface area contributed by atoms with Crippen molar-refractivity contribution >= 4 is 12.6 Å². The fraction of sp³-hybridized carbons (Fsp3) is 0.0769. The van der Waals surface area contributed by atoms with Crippen LogP contribution in [0.5, 0.6) is 0 Å². The molecule has 0 unspecified atom stereocenters. The number of rotatable bonds is 2. The Bertz CT molecular complexity index is 346. The second-order valence-electron chi connectivity index (χ2n) is 3.25. The molecule has 0 atom stereocenters. The van der Waals surface area contributed by atoms with E-state index < -0.39 is 0 Å². The van der Waals surface area contributed by atoms with Gasteiger partial charge in [-0.1, -0.05) is 60.7 Å². The lowest BCUT2D eigenvalue weighted by Crippen LogP contribution is -3.00. The van der Waals surface area contributed by atoms with Crippen LogP contribution >= 0.6 is 0 Å². The molecule has 0 nitrogen and oxygen atoms in total. The summed E-state index contributed by atoms with van der Waals surface area (Å²) in [6.07, 6.45) is 0. The topological polar surface area (TPSA) is 0 Å². The van der Waals surface area contributed by atoms with Gasteiger partial charge in [0, 0.05) is 11.1 Å². The average Bonchev–Trinajstić information content (AvgIpc) is 2.30. The van der Waals surface area contributed by atoms with E-state index in [1.807, 2.05) is 12.1 Å². The normalized spacial score (nSPS) is 9.73. The van der Waals surface area contributed by atoms with E-state index in [9.17, 15) is 0 Å². The summed E-state index contributed by atoms with van der Waals surface area (Å²) < 4.78 is 0. The van der Waals surface area contributed by atoms with Crippen molar-refractivity contribution in [3.63, 3.8) is 0 Å². The zero-order chi connectivity index (χ0) is 9.80. The van der Waals surface area contributed by atoms with Crippen LogP contribution in [-0.2, 0) is 12.6 Å². The van der Waals surface area contributed by atoms with E-state index in [1.165, 1.54) is 11.1 Å². The molecule has 15 heavy (non-hydrogen) atoms. The highest BCUT2D eigenvalue weighted by molar-refractivity contribution is 7.59. The molecule has 0 fully saturated rings. The summed E-state index contributed by atoms with van der Waals surface area (Å²) in [6, 6.07) is 20.8. The van der Waals surface area contributed by atoms with Crippen LogP contribution in [0.1, 0.15) is 16.4 Å². The van der Waals surface area contributed by atoms with E-state index in [-0.39, 0.29) is 22.2 Å². The molecule has 2 heteroatoms. The molecule has 0 saturated carbocycles. The first kappa shape index (κ1) is 12.3. The number of hydrogen-bond acceptors (Lipinski definition) is 0. The third kappa shape index (κ3) is 3.11. The highest BCUT2D eigenvalue weighted by Gasteiger charge is 2.12. The molecule has 78 valence electrons. The van der Waals surface area contributed by atoms with Crippen molar-refractivity contribution in [1.29, 1.82) is 0 Å². The van der Waals surface area contributed by atoms with Crippen molar-refractivity contribution in [3.05, 3.63) is 71.8 Å². The second-order valence-corrected chi connectivity index (χ2v) is 3.83. The first-order chi connectivity index (χ1) is 6.88. The van der Waals surface area contributed by atoms with Gasteiger partial charge in [-0.15, -0.1) is 0 Å². The van der Waals surface area contributed by atoms with Crippen LogP contribution in [0.2, 0.25) is 0 Å². The molecule has 0 N–H and O–H groups in total. The average molecular weight is 281 g/mol. The predicted molar refractivity (Wildman–Crippen MR) is 64.9 cm³/mol. The maximum Gasteiger partial charge on any atom is 0.163 e. The third-order valence-electron chi connectivity index (χ3n) is 2.27. The van der Waals surface area contributed by atoms with Gasteiger partial charge in [-0.25, -0.2) is 0 Å². The van der Waals surface area contributed by atoms with Gasteiger partial charge in [0.15, 0.2) is 5.25 Å². The van der Waals surface area contributed by atoms with Gasteiger partial charge in [-0.2, -0.15) is 0 Å². The number of benzene rings is 2. The Hall–Kier alpha value is -0.730. The summed E-state index contributed by atoms with van der Waals surface area (Å²) in [5.74, 6) is 0. The molecular weight excluding hydrogens is 268 g/mol. The molecule has 2 aromatic rings. The van der Waals surface area contributed by atoms with Crippen molar-refractivity contribution in [2.24, 2.45) is 0 Å². The van der Waals surface area contributed by atoms with Crippen LogP contribution in [0.25, 0.3) is 0 Å². The summed E-state index contributed by atoms with van der Waals surface area (Å²) in [5.41, 5.74) is 2.57. The Morgan fingerprint density at radius 1 is 0.667 bits per heavy atom. The molecule has 2 rings (SSSR count). The van der Waals surface area contributed by atoms with Gasteiger partial charge in [0.2, 0.25) is 0 Å². The van der Waals surface area contributed by atoms with Crippen LogP contribution < -0.4 is 17.0 Å². The van der Waals surface area contributed by atoms with Crippen molar-refractivity contribution < 1.29 is 17.0 Å². The van der Waals surface area contributed by atoms with Crippen LogP contribution in [0.4, 0.5) is 0 Å². The zero-order valence-electron chi connectivity index (χ0n) is 8.23. The summed E-state index contributed by atoms with van der Waals surface area (Å²) >= 11 is 3.75. The largest absolute Gasteiger partial charge is 1.00 e. The highest BCUT2D eigenvalue weighted by Crippen LogP contribution is 2.21. The van der Waals surface area contributed by atoms with Crippen LogP contribution in [-0.4, -0.2) is 0 Å². The molecule has 2 aromatic carbocycles. The van der Waals surface area contributed by atoms with Crippen molar-refractivity contribution in [1.82, 2.24) is 0 Å². The van der Waals surface area contributed by atoms with Gasteiger partial charge in [0.25, 0.3) is 0 Å². The molecule has 0 aromatic heterocycles. The van der Waals surface area contributed by atoms with E-state index in [4.69, 9.17) is 0 Å². The van der Waals surface area contributed by atoms with Gasteiger partial charge in [0.1, 0.15) is 0 Å². The van der Waals surface area contributed by atoms with E-state index in [0.29, 0.717) is 0 Å². The van der Waals surface area contributed by atoms with E-state index in [2.05, 4.69) is 61.2 Å². The summed E-state index contributed by atoms with van der Waals surface area (Å²) in [7, 11) is 0. The maximum atomic E-state index is 3.75. The van der Waals surface area contributed by atoms with Crippen LogP contribution in [0.3, 0.4) is 0 Å². The Morgan fingerprint density at radius 2 is 1.00 bits per heavy atom. The summed E-state index contributed by atoms with van der Waals surface area (Å²) in [6.45, 7) is 0. The molecule has 0 radical (unpaired) electrons. The van der Waals surface area contributed by atoms with E-state index >= 15 is 0 Å². The van der Waals surface area contributed by atoms with Gasteiger partial charge in [-0.05, 0) is 12.6 Å². The standard InChI is InChI=1S/C13H12S.BrH/c14-13(11-7-3-1-4-8-11)12-9-5-2-6-10-12;/h1-10,13-14H;1H. The molecule has 0 spiro atoms. The number of halogens is 1. The lowest BCUT2D eigenvalue weighted by molar-refractivity contribution is -0.00000266. The fourth-order valence-corrected chi connectivity index (χ4v) is 1.87. The maximum absolute atomic E-state index is 3.75. The Labute approximate surface area is 107 Å². The second kappa shape index (κ2) is 5.99. The van der Waals surface area contributed by atoms with Gasteiger partial charge >= 0.3 is 0 Å². The molecule has 0 amide bonds. The SMILES string of the molecule is [Br-].[SH2+]C(c1ccccc1)c1ccccc1. The first-order valence-electron chi connectivity index (χ1n) is 4.69. The first-order valence-corrected chi connectivity index (χ1v) is 5.26. The van der Waals surface area contributed by atoms with Gasteiger partial charge < -0.3 is 17.0 Å². The van der Waals surface area contributed by atoms with Gasteiger partial charge in [-0.3, -0.25) is 0 Å². The number of hydrogen-bond donors (Lipinski definition) is 0. The molecule has 0 aliphatic carbocycles. The monoisotopic (exact) mass is 280 g/mol. The zero-order valence-corrected chi connectivity index (χ0v) is 10.8. The minimum atomic E-state index is 0. The summed E-state index contributed by atoms with van der Waals surface area (Å²) in [5, 5.41) is 0.289. The Kier molecular flexibility index (Phi) is 4.92. The quantitative estimate of drug-likeness (QED) is 0.668. The smallest absolute Gasteiger partial charge is 0.163 e. The third-order valence-corrected chi connectivity index (χ3v) is 2.93. The molecule has 0 aliphatic heterocycles. The lowest BCUT2D eigenvalue weighted by atomic mass is 10.0. The molecule has 0 heterocycles. The van der Waals surface area contributed by atoms with Crippen LogP contribution in [0, 0.1) is 0 Å². The highest BCUT2D eigenvalue weighted by atomic mass is 79.9. The van der Waals surface area contributed by atoms with E-state index in [0.717, 1.165) is 0 Å². The molecule has 0 saturated heterocycles. The minimum absolute atomic E-state index is 0.